The van der Waals surface area contributed by atoms with Gasteiger partial charge in [0, 0.05) is 24.7 Å². The molecule has 136 valence electrons. The van der Waals surface area contributed by atoms with Crippen molar-refractivity contribution in [2.75, 3.05) is 18.0 Å². The highest BCUT2D eigenvalue weighted by atomic mass is 32.1. The van der Waals surface area contributed by atoms with E-state index in [1.54, 1.807) is 11.4 Å². The van der Waals surface area contributed by atoms with Crippen LogP contribution in [-0.4, -0.2) is 28.7 Å². The summed E-state index contributed by atoms with van der Waals surface area (Å²) in [6.07, 6.45) is 1.79. The fraction of sp³-hybridized carbons (Fsp3) is 0.333. The number of fused-ring (bicyclic) bond motifs is 1. The topological polar surface area (TPSA) is 64.2 Å². The highest BCUT2D eigenvalue weighted by Crippen LogP contribution is 2.23. The van der Waals surface area contributed by atoms with E-state index >= 15 is 0 Å². The maximum atomic E-state index is 14.2. The lowest BCUT2D eigenvalue weighted by Crippen LogP contribution is -2.45. The highest BCUT2D eigenvalue weighted by molar-refractivity contribution is 7.17. The minimum Gasteiger partial charge on any atom is -0.341 e. The van der Waals surface area contributed by atoms with Crippen LogP contribution < -0.4 is 16.2 Å². The molecule has 2 aromatic heterocycles. The summed E-state index contributed by atoms with van der Waals surface area (Å²) in [6, 6.07) is 5.46. The molecule has 1 aliphatic rings. The summed E-state index contributed by atoms with van der Waals surface area (Å²) in [6.45, 7) is 1.05. The van der Waals surface area contributed by atoms with Gasteiger partial charge in [-0.3, -0.25) is 9.36 Å². The largest absolute Gasteiger partial charge is 0.341 e. The van der Waals surface area contributed by atoms with Gasteiger partial charge in [-0.25, -0.2) is 13.8 Å². The van der Waals surface area contributed by atoms with Crippen LogP contribution in [0, 0.1) is 11.6 Å². The monoisotopic (exact) mass is 376 g/mol. The van der Waals surface area contributed by atoms with Crippen molar-refractivity contribution in [3.05, 3.63) is 57.2 Å². The van der Waals surface area contributed by atoms with E-state index in [-0.39, 0.29) is 23.7 Å². The second kappa shape index (κ2) is 6.77. The van der Waals surface area contributed by atoms with E-state index in [2.05, 4.69) is 4.98 Å². The van der Waals surface area contributed by atoms with Crippen molar-refractivity contribution in [2.45, 2.75) is 25.4 Å². The number of piperidine rings is 1. The molecule has 3 aromatic rings. The lowest BCUT2D eigenvalue weighted by molar-refractivity contribution is 0.488. The molecule has 2 N–H and O–H groups in total. The molecular formula is C18H18F2N4OS. The molecule has 0 aliphatic carbocycles. The number of hydrogen-bond donors (Lipinski definition) is 1. The Labute approximate surface area is 152 Å². The van der Waals surface area contributed by atoms with Crippen molar-refractivity contribution in [3.8, 4) is 0 Å². The van der Waals surface area contributed by atoms with E-state index in [0.29, 0.717) is 29.3 Å². The molecule has 0 amide bonds. The fourth-order valence-corrected chi connectivity index (χ4v) is 4.13. The van der Waals surface area contributed by atoms with Crippen LogP contribution in [0.1, 0.15) is 18.4 Å². The van der Waals surface area contributed by atoms with E-state index in [1.807, 2.05) is 4.90 Å². The van der Waals surface area contributed by atoms with Crippen molar-refractivity contribution < 1.29 is 8.78 Å². The van der Waals surface area contributed by atoms with Crippen molar-refractivity contribution in [3.63, 3.8) is 0 Å². The standard InChI is InChI=1S/C18H18F2N4OS/c19-13-4-1-5-14(20)12(13)10-24-17(25)16-15(6-8-26-16)22-18(24)23-7-2-3-11(21)9-23/h1,4-6,8,11H,2-3,7,9-10,21H2. The smallest absolute Gasteiger partial charge is 0.273 e. The number of aromatic nitrogens is 2. The third-order valence-electron chi connectivity index (χ3n) is 4.66. The Hall–Kier alpha value is -2.32. The third-order valence-corrected chi connectivity index (χ3v) is 5.56. The van der Waals surface area contributed by atoms with Crippen molar-refractivity contribution in [1.29, 1.82) is 0 Å². The molecule has 5 nitrogen and oxygen atoms in total. The van der Waals surface area contributed by atoms with Crippen LogP contribution in [0.3, 0.4) is 0 Å². The maximum absolute atomic E-state index is 14.2. The van der Waals surface area contributed by atoms with Gasteiger partial charge in [0.1, 0.15) is 16.3 Å². The van der Waals surface area contributed by atoms with Crippen LogP contribution in [0.15, 0.2) is 34.4 Å². The zero-order valence-electron chi connectivity index (χ0n) is 14.0. The highest BCUT2D eigenvalue weighted by Gasteiger charge is 2.24. The first kappa shape index (κ1) is 17.1. The van der Waals surface area contributed by atoms with E-state index in [9.17, 15) is 13.6 Å². The van der Waals surface area contributed by atoms with Gasteiger partial charge in [0.05, 0.1) is 12.1 Å². The molecular weight excluding hydrogens is 358 g/mol. The van der Waals surface area contributed by atoms with Crippen LogP contribution in [-0.2, 0) is 6.54 Å². The Morgan fingerprint density at radius 1 is 1.27 bits per heavy atom. The third kappa shape index (κ3) is 2.99. The predicted molar refractivity (Wildman–Crippen MR) is 98.8 cm³/mol. The molecule has 1 aliphatic heterocycles. The van der Waals surface area contributed by atoms with Crippen molar-refractivity contribution in [1.82, 2.24) is 9.55 Å². The molecule has 3 heterocycles. The first-order valence-electron chi connectivity index (χ1n) is 8.46. The Morgan fingerprint density at radius 3 is 2.77 bits per heavy atom. The van der Waals surface area contributed by atoms with Crippen LogP contribution in [0.5, 0.6) is 0 Å². The van der Waals surface area contributed by atoms with Crippen molar-refractivity contribution >= 4 is 27.5 Å². The summed E-state index contributed by atoms with van der Waals surface area (Å²) in [5.74, 6) is -0.937. The van der Waals surface area contributed by atoms with E-state index in [0.717, 1.165) is 12.8 Å². The molecule has 1 unspecified atom stereocenters. The van der Waals surface area contributed by atoms with Gasteiger partial charge in [-0.1, -0.05) is 6.07 Å². The first-order valence-corrected chi connectivity index (χ1v) is 9.34. The molecule has 1 fully saturated rings. The first-order chi connectivity index (χ1) is 12.5. The minimum absolute atomic E-state index is 0.0162. The summed E-state index contributed by atoms with van der Waals surface area (Å²) in [5, 5.41) is 1.79. The average molecular weight is 376 g/mol. The van der Waals surface area contributed by atoms with Crippen LogP contribution in [0.4, 0.5) is 14.7 Å². The minimum atomic E-state index is -0.676. The van der Waals surface area contributed by atoms with Gasteiger partial charge in [0.2, 0.25) is 5.95 Å². The molecule has 1 saturated heterocycles. The molecule has 0 saturated carbocycles. The second-order valence-corrected chi connectivity index (χ2v) is 7.40. The normalized spacial score (nSPS) is 17.8. The van der Waals surface area contributed by atoms with Crippen LogP contribution in [0.2, 0.25) is 0 Å². The van der Waals surface area contributed by atoms with Gasteiger partial charge >= 0.3 is 0 Å². The zero-order chi connectivity index (χ0) is 18.3. The lowest BCUT2D eigenvalue weighted by atomic mass is 10.1. The molecule has 0 bridgehead atoms. The van der Waals surface area contributed by atoms with E-state index in [4.69, 9.17) is 5.73 Å². The number of nitrogens with zero attached hydrogens (tertiary/aromatic N) is 3. The predicted octanol–water partition coefficient (Wildman–Crippen LogP) is 2.71. The number of thiophene rings is 1. The Kier molecular flexibility index (Phi) is 4.46. The number of rotatable bonds is 3. The number of nitrogens with two attached hydrogens (primary N) is 1. The number of hydrogen-bond acceptors (Lipinski definition) is 5. The van der Waals surface area contributed by atoms with Crippen molar-refractivity contribution in [2.24, 2.45) is 5.73 Å². The maximum Gasteiger partial charge on any atom is 0.273 e. The van der Waals surface area contributed by atoms with Gasteiger partial charge in [-0.2, -0.15) is 0 Å². The quantitative estimate of drug-likeness (QED) is 0.763. The van der Waals surface area contributed by atoms with Gasteiger partial charge in [-0.05, 0) is 36.4 Å². The summed E-state index contributed by atoms with van der Waals surface area (Å²) < 4.78 is 30.1. The Morgan fingerprint density at radius 2 is 2.04 bits per heavy atom. The van der Waals surface area contributed by atoms with Gasteiger partial charge < -0.3 is 10.6 Å². The Balaban J connectivity index is 1.87. The Bertz CT molecular complexity index is 996. The molecule has 4 rings (SSSR count). The number of benzene rings is 1. The summed E-state index contributed by atoms with van der Waals surface area (Å²) >= 11 is 1.28. The summed E-state index contributed by atoms with van der Waals surface area (Å²) in [4.78, 5) is 19.5. The van der Waals surface area contributed by atoms with E-state index in [1.165, 1.54) is 34.1 Å². The summed E-state index contributed by atoms with van der Waals surface area (Å²) in [5.41, 5.74) is 6.23. The number of halogens is 2. The molecule has 1 atom stereocenters. The van der Waals surface area contributed by atoms with Crippen LogP contribution in [0.25, 0.3) is 10.2 Å². The molecule has 0 spiro atoms. The fourth-order valence-electron chi connectivity index (χ4n) is 3.35. The zero-order valence-corrected chi connectivity index (χ0v) is 14.8. The number of anilines is 1. The SMILES string of the molecule is NC1CCCN(c2nc3ccsc3c(=O)n2Cc2c(F)cccc2F)C1. The van der Waals surface area contributed by atoms with Gasteiger partial charge in [-0.15, -0.1) is 11.3 Å². The lowest BCUT2D eigenvalue weighted by Gasteiger charge is -2.33. The van der Waals surface area contributed by atoms with Gasteiger partial charge in [0.25, 0.3) is 5.56 Å². The van der Waals surface area contributed by atoms with Gasteiger partial charge in [0.15, 0.2) is 0 Å². The second-order valence-electron chi connectivity index (χ2n) is 6.49. The molecule has 1 aromatic carbocycles. The van der Waals surface area contributed by atoms with Crippen LogP contribution >= 0.6 is 11.3 Å². The van der Waals surface area contributed by atoms with E-state index < -0.39 is 11.6 Å². The average Bonchev–Trinajstić information content (AvgIpc) is 3.08. The molecule has 0 radical (unpaired) electrons. The molecule has 26 heavy (non-hydrogen) atoms. The summed E-state index contributed by atoms with van der Waals surface area (Å²) in [7, 11) is 0. The molecule has 8 heteroatoms.